The van der Waals surface area contributed by atoms with Crippen LogP contribution in [0.1, 0.15) is 20.8 Å². The van der Waals surface area contributed by atoms with Crippen molar-refractivity contribution in [1.29, 1.82) is 0 Å². The van der Waals surface area contributed by atoms with Gasteiger partial charge in [0.25, 0.3) is 5.69 Å². The van der Waals surface area contributed by atoms with Crippen molar-refractivity contribution in [1.82, 2.24) is 5.32 Å². The van der Waals surface area contributed by atoms with Gasteiger partial charge in [-0.25, -0.2) is 0 Å². The van der Waals surface area contributed by atoms with E-state index < -0.39 is 4.92 Å². The molecule has 7 heteroatoms. The first-order valence-electron chi connectivity index (χ1n) is 5.68. The number of nitrogens with zero attached hydrogens (tertiary/aromatic N) is 1. The predicted molar refractivity (Wildman–Crippen MR) is 77.2 cm³/mol. The van der Waals surface area contributed by atoms with E-state index >= 15 is 0 Å². The molecule has 2 N–H and O–H groups in total. The smallest absolute Gasteiger partial charge is 0.293 e. The minimum absolute atomic E-state index is 0.0141. The van der Waals surface area contributed by atoms with E-state index in [-0.39, 0.29) is 23.7 Å². The van der Waals surface area contributed by atoms with Gasteiger partial charge in [0.15, 0.2) is 0 Å². The molecule has 0 unspecified atom stereocenters. The third-order valence-electron chi connectivity index (χ3n) is 2.11. The first-order chi connectivity index (χ1) is 8.69. The summed E-state index contributed by atoms with van der Waals surface area (Å²) in [5, 5.41) is 16.4. The second kappa shape index (κ2) is 6.01. The van der Waals surface area contributed by atoms with E-state index in [0.29, 0.717) is 10.2 Å². The molecule has 0 bridgehead atoms. The number of amides is 1. The maximum Gasteiger partial charge on any atom is 0.293 e. The normalized spacial score (nSPS) is 10.9. The van der Waals surface area contributed by atoms with Crippen LogP contribution < -0.4 is 10.6 Å². The topological polar surface area (TPSA) is 84.3 Å². The molecule has 0 aliphatic carbocycles. The van der Waals surface area contributed by atoms with Gasteiger partial charge in [0.2, 0.25) is 5.91 Å². The summed E-state index contributed by atoms with van der Waals surface area (Å²) in [7, 11) is 0. The van der Waals surface area contributed by atoms with Crippen LogP contribution in [0.25, 0.3) is 0 Å². The number of nitro groups is 1. The van der Waals surface area contributed by atoms with Gasteiger partial charge < -0.3 is 10.6 Å². The first-order valence-corrected chi connectivity index (χ1v) is 6.47. The highest BCUT2D eigenvalue weighted by atomic mass is 79.9. The minimum Gasteiger partial charge on any atom is -0.371 e. The van der Waals surface area contributed by atoms with E-state index in [1.807, 2.05) is 20.8 Å². The fourth-order valence-electron chi connectivity index (χ4n) is 1.44. The van der Waals surface area contributed by atoms with Gasteiger partial charge in [0.1, 0.15) is 5.69 Å². The van der Waals surface area contributed by atoms with E-state index in [1.165, 1.54) is 6.07 Å². The Labute approximate surface area is 119 Å². The van der Waals surface area contributed by atoms with Crippen molar-refractivity contribution in [3.8, 4) is 0 Å². The Morgan fingerprint density at radius 2 is 2.05 bits per heavy atom. The van der Waals surface area contributed by atoms with Crippen LogP contribution >= 0.6 is 15.9 Å². The van der Waals surface area contributed by atoms with Crippen LogP contribution in [-0.4, -0.2) is 22.9 Å². The van der Waals surface area contributed by atoms with E-state index in [4.69, 9.17) is 0 Å². The first kappa shape index (κ1) is 15.4. The summed E-state index contributed by atoms with van der Waals surface area (Å²) in [6.07, 6.45) is 0. The summed E-state index contributed by atoms with van der Waals surface area (Å²) >= 11 is 3.17. The van der Waals surface area contributed by atoms with Gasteiger partial charge in [-0.05, 0) is 32.9 Å². The van der Waals surface area contributed by atoms with Crippen LogP contribution in [-0.2, 0) is 4.79 Å². The number of rotatable bonds is 4. The van der Waals surface area contributed by atoms with E-state index in [2.05, 4.69) is 26.6 Å². The fraction of sp³-hybridized carbons (Fsp3) is 0.417. The van der Waals surface area contributed by atoms with Crippen LogP contribution in [0.3, 0.4) is 0 Å². The number of benzene rings is 1. The third kappa shape index (κ3) is 5.25. The van der Waals surface area contributed by atoms with Crippen molar-refractivity contribution in [2.45, 2.75) is 26.3 Å². The Bertz CT molecular complexity index is 497. The van der Waals surface area contributed by atoms with E-state index in [1.54, 1.807) is 12.1 Å². The second-order valence-electron chi connectivity index (χ2n) is 5.07. The van der Waals surface area contributed by atoms with Crippen LogP contribution in [0.5, 0.6) is 0 Å². The second-order valence-corrected chi connectivity index (χ2v) is 5.99. The van der Waals surface area contributed by atoms with Crippen LogP contribution in [0.2, 0.25) is 0 Å². The molecule has 0 aliphatic heterocycles. The Morgan fingerprint density at radius 1 is 1.42 bits per heavy atom. The molecule has 0 atom stereocenters. The zero-order valence-electron chi connectivity index (χ0n) is 11.0. The predicted octanol–water partition coefficient (Wildman–Crippen LogP) is 2.68. The van der Waals surface area contributed by atoms with Gasteiger partial charge in [0.05, 0.1) is 11.5 Å². The lowest BCUT2D eigenvalue weighted by Crippen LogP contribution is -2.43. The molecule has 104 valence electrons. The number of nitrogens with one attached hydrogen (secondary N) is 2. The Kier molecular flexibility index (Phi) is 4.88. The third-order valence-corrected chi connectivity index (χ3v) is 2.60. The zero-order chi connectivity index (χ0) is 14.6. The van der Waals surface area contributed by atoms with Gasteiger partial charge in [-0.3, -0.25) is 14.9 Å². The molecule has 0 heterocycles. The number of carbonyl (C=O) groups is 1. The van der Waals surface area contributed by atoms with Gasteiger partial charge >= 0.3 is 0 Å². The Hall–Kier alpha value is -1.63. The fourth-order valence-corrected chi connectivity index (χ4v) is 1.79. The summed E-state index contributed by atoms with van der Waals surface area (Å²) < 4.78 is 0.615. The lowest BCUT2D eigenvalue weighted by Gasteiger charge is -2.20. The summed E-state index contributed by atoms with van der Waals surface area (Å²) in [6.45, 7) is 5.59. The SMILES string of the molecule is CC(C)(C)NC(=O)CNc1ccc(Br)cc1[N+](=O)[O-]. The molecule has 0 aromatic heterocycles. The quantitative estimate of drug-likeness (QED) is 0.657. The Morgan fingerprint density at radius 3 is 2.58 bits per heavy atom. The van der Waals surface area contributed by atoms with Gasteiger partial charge in [-0.1, -0.05) is 15.9 Å². The molecule has 0 radical (unpaired) electrons. The average Bonchev–Trinajstić information content (AvgIpc) is 2.24. The molecule has 0 aliphatic rings. The average molecular weight is 330 g/mol. The summed E-state index contributed by atoms with van der Waals surface area (Å²) in [5.74, 6) is -0.218. The lowest BCUT2D eigenvalue weighted by molar-refractivity contribution is -0.384. The Balaban J connectivity index is 2.73. The molecule has 1 aromatic rings. The number of carbonyl (C=O) groups excluding carboxylic acids is 1. The monoisotopic (exact) mass is 329 g/mol. The van der Waals surface area contributed by atoms with Crippen molar-refractivity contribution in [2.75, 3.05) is 11.9 Å². The summed E-state index contributed by atoms with van der Waals surface area (Å²) in [5.41, 5.74) is -0.0834. The molecule has 1 rings (SSSR count). The van der Waals surface area contributed by atoms with E-state index in [9.17, 15) is 14.9 Å². The molecule has 6 nitrogen and oxygen atoms in total. The maximum atomic E-state index is 11.6. The van der Waals surface area contributed by atoms with Crippen molar-refractivity contribution in [3.63, 3.8) is 0 Å². The number of anilines is 1. The highest BCUT2D eigenvalue weighted by molar-refractivity contribution is 9.10. The zero-order valence-corrected chi connectivity index (χ0v) is 12.6. The van der Waals surface area contributed by atoms with Crippen molar-refractivity contribution in [3.05, 3.63) is 32.8 Å². The number of halogens is 1. The van der Waals surface area contributed by atoms with Crippen molar-refractivity contribution in [2.24, 2.45) is 0 Å². The van der Waals surface area contributed by atoms with Crippen LogP contribution in [0, 0.1) is 10.1 Å². The highest BCUT2D eigenvalue weighted by Crippen LogP contribution is 2.27. The van der Waals surface area contributed by atoms with Crippen molar-refractivity contribution < 1.29 is 9.72 Å². The van der Waals surface area contributed by atoms with Gasteiger partial charge in [-0.15, -0.1) is 0 Å². The summed E-state index contributed by atoms with van der Waals surface area (Å²) in [4.78, 5) is 22.0. The summed E-state index contributed by atoms with van der Waals surface area (Å²) in [6, 6.07) is 4.63. The maximum absolute atomic E-state index is 11.6. The van der Waals surface area contributed by atoms with Crippen molar-refractivity contribution >= 4 is 33.2 Å². The van der Waals surface area contributed by atoms with Gasteiger partial charge in [0, 0.05) is 16.1 Å². The molecular formula is C12H16BrN3O3. The van der Waals surface area contributed by atoms with E-state index in [0.717, 1.165) is 0 Å². The molecule has 19 heavy (non-hydrogen) atoms. The molecule has 0 fully saturated rings. The highest BCUT2D eigenvalue weighted by Gasteiger charge is 2.17. The largest absolute Gasteiger partial charge is 0.371 e. The molecule has 0 saturated carbocycles. The molecule has 0 spiro atoms. The number of hydrogen-bond donors (Lipinski definition) is 2. The van der Waals surface area contributed by atoms with Crippen LogP contribution in [0.15, 0.2) is 22.7 Å². The minimum atomic E-state index is -0.491. The molecular weight excluding hydrogens is 314 g/mol. The number of hydrogen-bond acceptors (Lipinski definition) is 4. The van der Waals surface area contributed by atoms with Gasteiger partial charge in [-0.2, -0.15) is 0 Å². The molecule has 1 amide bonds. The van der Waals surface area contributed by atoms with Crippen LogP contribution in [0.4, 0.5) is 11.4 Å². The standard InChI is InChI=1S/C12H16BrN3O3/c1-12(2,3)15-11(17)7-14-9-5-4-8(13)6-10(9)16(18)19/h4-6,14H,7H2,1-3H3,(H,15,17). The number of nitro benzene ring substituents is 1. The molecule has 0 saturated heterocycles. The molecule has 1 aromatic carbocycles. The lowest BCUT2D eigenvalue weighted by atomic mass is 10.1.